The Bertz CT molecular complexity index is 121. The van der Waals surface area contributed by atoms with Gasteiger partial charge in [0, 0.05) is 19.3 Å². The van der Waals surface area contributed by atoms with Crippen LogP contribution in [-0.2, 0) is 13.8 Å². The molecule has 10 heavy (non-hydrogen) atoms. The average molecular weight is 163 g/mol. The molecule has 0 saturated carbocycles. The van der Waals surface area contributed by atoms with E-state index >= 15 is 0 Å². The van der Waals surface area contributed by atoms with Crippen molar-refractivity contribution in [2.45, 2.75) is 13.3 Å². The SMILES string of the molecule is CCC(=O)NCC(=O)OS. The third-order valence-electron chi connectivity index (χ3n) is 0.853. The van der Waals surface area contributed by atoms with Crippen LogP contribution < -0.4 is 5.32 Å². The van der Waals surface area contributed by atoms with Crippen molar-refractivity contribution < 1.29 is 13.8 Å². The number of carbonyl (C=O) groups is 2. The van der Waals surface area contributed by atoms with E-state index < -0.39 is 5.97 Å². The molecule has 58 valence electrons. The molecule has 4 nitrogen and oxygen atoms in total. The summed E-state index contributed by atoms with van der Waals surface area (Å²) in [6.07, 6.45) is 0.361. The smallest absolute Gasteiger partial charge is 0.337 e. The second kappa shape index (κ2) is 5.10. The number of carbonyl (C=O) groups excluding carboxylic acids is 2. The van der Waals surface area contributed by atoms with E-state index in [1.54, 1.807) is 6.92 Å². The van der Waals surface area contributed by atoms with E-state index in [9.17, 15) is 9.59 Å². The van der Waals surface area contributed by atoms with E-state index in [0.29, 0.717) is 6.42 Å². The molecule has 0 unspecified atom stereocenters. The maximum Gasteiger partial charge on any atom is 0.337 e. The second-order valence-corrected chi connectivity index (χ2v) is 1.78. The molecule has 0 spiro atoms. The summed E-state index contributed by atoms with van der Waals surface area (Å²) in [5, 5.41) is 2.32. The van der Waals surface area contributed by atoms with Gasteiger partial charge in [0.2, 0.25) is 5.91 Å². The summed E-state index contributed by atoms with van der Waals surface area (Å²) >= 11 is 3.25. The predicted molar refractivity (Wildman–Crippen MR) is 38.4 cm³/mol. The van der Waals surface area contributed by atoms with E-state index in [1.165, 1.54) is 0 Å². The zero-order valence-corrected chi connectivity index (χ0v) is 6.48. The third kappa shape index (κ3) is 4.20. The maximum absolute atomic E-state index is 10.5. The molecule has 5 heteroatoms. The summed E-state index contributed by atoms with van der Waals surface area (Å²) in [6, 6.07) is 0. The highest BCUT2D eigenvalue weighted by molar-refractivity contribution is 7.75. The number of hydrogen-bond acceptors (Lipinski definition) is 4. The topological polar surface area (TPSA) is 55.4 Å². The van der Waals surface area contributed by atoms with E-state index in [1.807, 2.05) is 0 Å². The van der Waals surface area contributed by atoms with Gasteiger partial charge in [-0.3, -0.25) is 4.79 Å². The van der Waals surface area contributed by atoms with Gasteiger partial charge in [-0.25, -0.2) is 4.79 Å². The molecular formula is C5H9NO3S. The largest absolute Gasteiger partial charge is 0.393 e. The summed E-state index contributed by atoms with van der Waals surface area (Å²) < 4.78 is 3.99. The van der Waals surface area contributed by atoms with Gasteiger partial charge >= 0.3 is 5.97 Å². The second-order valence-electron chi connectivity index (χ2n) is 1.59. The Morgan fingerprint density at radius 2 is 2.20 bits per heavy atom. The average Bonchev–Trinajstić information content (AvgIpc) is 1.99. The van der Waals surface area contributed by atoms with E-state index in [4.69, 9.17) is 0 Å². The van der Waals surface area contributed by atoms with Gasteiger partial charge in [-0.1, -0.05) is 6.92 Å². The molecule has 0 aliphatic carbocycles. The van der Waals surface area contributed by atoms with E-state index in [2.05, 4.69) is 22.4 Å². The van der Waals surface area contributed by atoms with Crippen LogP contribution in [0.15, 0.2) is 0 Å². The molecule has 0 fully saturated rings. The molecule has 0 heterocycles. The van der Waals surface area contributed by atoms with Crippen LogP contribution in [0.3, 0.4) is 0 Å². The van der Waals surface area contributed by atoms with Crippen molar-refractivity contribution in [1.29, 1.82) is 0 Å². The lowest BCUT2D eigenvalue weighted by Crippen LogP contribution is -2.28. The molecule has 0 aromatic carbocycles. The first-order valence-corrected chi connectivity index (χ1v) is 3.18. The molecule has 0 aromatic rings. The monoisotopic (exact) mass is 163 g/mol. The van der Waals surface area contributed by atoms with Gasteiger partial charge in [0.1, 0.15) is 6.54 Å². The number of amides is 1. The van der Waals surface area contributed by atoms with Gasteiger partial charge in [-0.05, 0) is 0 Å². The quantitative estimate of drug-likeness (QED) is 0.451. The van der Waals surface area contributed by atoms with Crippen molar-refractivity contribution in [3.8, 4) is 0 Å². The lowest BCUT2D eigenvalue weighted by molar-refractivity contribution is -0.134. The first-order chi connectivity index (χ1) is 4.70. The standard InChI is InChI=1S/C5H9NO3S/c1-2-4(7)6-3-5(8)9-10/h10H,2-3H2,1H3,(H,6,7). The fraction of sp³-hybridized carbons (Fsp3) is 0.600. The molecule has 0 aliphatic rings. The van der Waals surface area contributed by atoms with Crippen LogP contribution in [0.4, 0.5) is 0 Å². The molecule has 0 aliphatic heterocycles. The normalized spacial score (nSPS) is 8.60. The van der Waals surface area contributed by atoms with Crippen LogP contribution in [0.2, 0.25) is 0 Å². The first kappa shape index (κ1) is 9.29. The fourth-order valence-corrected chi connectivity index (χ4v) is 0.393. The van der Waals surface area contributed by atoms with Crippen LogP contribution in [0.1, 0.15) is 13.3 Å². The van der Waals surface area contributed by atoms with Crippen molar-refractivity contribution in [1.82, 2.24) is 5.32 Å². The molecule has 0 radical (unpaired) electrons. The zero-order valence-electron chi connectivity index (χ0n) is 5.59. The Balaban J connectivity index is 3.35. The Hall–Kier alpha value is -0.710. The molecule has 0 atom stereocenters. The summed E-state index contributed by atoms with van der Waals surface area (Å²) in [5.41, 5.74) is 0. The van der Waals surface area contributed by atoms with Gasteiger partial charge in [0.15, 0.2) is 0 Å². The fourth-order valence-electron chi connectivity index (χ4n) is 0.328. The number of rotatable bonds is 3. The van der Waals surface area contributed by atoms with Gasteiger partial charge in [-0.15, -0.1) is 0 Å². The molecule has 0 saturated heterocycles. The molecule has 0 aromatic heterocycles. The minimum Gasteiger partial charge on any atom is -0.393 e. The predicted octanol–water partition coefficient (Wildman–Crippen LogP) is -0.0994. The van der Waals surface area contributed by atoms with Crippen molar-refractivity contribution in [3.63, 3.8) is 0 Å². The number of thiol groups is 1. The highest BCUT2D eigenvalue weighted by Crippen LogP contribution is 1.80. The number of hydrogen-bond donors (Lipinski definition) is 2. The van der Waals surface area contributed by atoms with Gasteiger partial charge in [0.05, 0.1) is 0 Å². The van der Waals surface area contributed by atoms with Gasteiger partial charge in [-0.2, -0.15) is 0 Å². The first-order valence-electron chi connectivity index (χ1n) is 2.81. The maximum atomic E-state index is 10.5. The summed E-state index contributed by atoms with van der Waals surface area (Å²) in [6.45, 7) is 1.58. The Labute approximate surface area is 64.5 Å². The molecule has 0 bridgehead atoms. The lowest BCUT2D eigenvalue weighted by atomic mass is 10.4. The Kier molecular flexibility index (Phi) is 4.74. The molecule has 1 amide bonds. The van der Waals surface area contributed by atoms with Crippen LogP contribution >= 0.6 is 12.9 Å². The summed E-state index contributed by atoms with van der Waals surface area (Å²) in [7, 11) is 0. The van der Waals surface area contributed by atoms with Crippen LogP contribution in [-0.4, -0.2) is 18.4 Å². The summed E-state index contributed by atoms with van der Waals surface area (Å²) in [4.78, 5) is 20.8. The van der Waals surface area contributed by atoms with Crippen LogP contribution in [0, 0.1) is 0 Å². The van der Waals surface area contributed by atoms with Crippen molar-refractivity contribution >= 4 is 24.8 Å². The highest BCUT2D eigenvalue weighted by Gasteiger charge is 2.01. The minimum absolute atomic E-state index is 0.115. The Morgan fingerprint density at radius 3 is 2.60 bits per heavy atom. The van der Waals surface area contributed by atoms with Gasteiger partial charge < -0.3 is 9.50 Å². The van der Waals surface area contributed by atoms with E-state index in [-0.39, 0.29) is 12.5 Å². The van der Waals surface area contributed by atoms with E-state index in [0.717, 1.165) is 0 Å². The van der Waals surface area contributed by atoms with Crippen molar-refractivity contribution in [2.24, 2.45) is 0 Å². The van der Waals surface area contributed by atoms with Crippen LogP contribution in [0.25, 0.3) is 0 Å². The van der Waals surface area contributed by atoms with Crippen molar-refractivity contribution in [2.75, 3.05) is 6.54 Å². The van der Waals surface area contributed by atoms with Gasteiger partial charge in [0.25, 0.3) is 0 Å². The van der Waals surface area contributed by atoms with Crippen molar-refractivity contribution in [3.05, 3.63) is 0 Å². The number of nitrogens with one attached hydrogen (secondary N) is 1. The third-order valence-corrected chi connectivity index (χ3v) is 1.06. The summed E-state index contributed by atoms with van der Waals surface area (Å²) in [5.74, 6) is -0.746. The Morgan fingerprint density at radius 1 is 1.60 bits per heavy atom. The molecular weight excluding hydrogens is 154 g/mol. The lowest BCUT2D eigenvalue weighted by Gasteiger charge is -1.98. The minimum atomic E-state index is -0.565. The highest BCUT2D eigenvalue weighted by atomic mass is 32.1. The molecule has 0 rings (SSSR count). The van der Waals surface area contributed by atoms with Crippen LogP contribution in [0.5, 0.6) is 0 Å². The molecule has 1 N–H and O–H groups in total. The zero-order chi connectivity index (χ0) is 7.98.